The van der Waals surface area contributed by atoms with Gasteiger partial charge in [-0.3, -0.25) is 4.90 Å². The number of hydrogen-bond donors (Lipinski definition) is 2. The van der Waals surface area contributed by atoms with Crippen molar-refractivity contribution < 1.29 is 5.11 Å². The number of nitrogens with zero attached hydrogens (tertiary/aromatic N) is 1. The molecular weight excluding hydrogens is 212 g/mol. The Labute approximate surface area is 106 Å². The van der Waals surface area contributed by atoms with Crippen molar-refractivity contribution in [2.45, 2.75) is 71.0 Å². The molecule has 2 atom stereocenters. The molecule has 1 saturated carbocycles. The predicted molar refractivity (Wildman–Crippen MR) is 72.9 cm³/mol. The molecule has 1 rings (SSSR count). The van der Waals surface area contributed by atoms with Gasteiger partial charge < -0.3 is 10.8 Å². The lowest BCUT2D eigenvalue weighted by molar-refractivity contribution is 0.0672. The number of hydrogen-bond acceptors (Lipinski definition) is 3. The average molecular weight is 242 g/mol. The Morgan fingerprint density at radius 2 is 1.82 bits per heavy atom. The van der Waals surface area contributed by atoms with Gasteiger partial charge in [-0.1, -0.05) is 26.7 Å². The third kappa shape index (κ3) is 4.57. The molecule has 1 aliphatic carbocycles. The minimum absolute atomic E-state index is 0.0489. The summed E-state index contributed by atoms with van der Waals surface area (Å²) in [5, 5.41) is 9.57. The summed E-state index contributed by atoms with van der Waals surface area (Å²) in [4.78, 5) is 2.48. The van der Waals surface area contributed by atoms with E-state index in [9.17, 15) is 5.11 Å². The van der Waals surface area contributed by atoms with Crippen LogP contribution in [0.3, 0.4) is 0 Å². The number of nitrogens with two attached hydrogens (primary N) is 1. The van der Waals surface area contributed by atoms with Crippen molar-refractivity contribution in [1.29, 1.82) is 0 Å². The quantitative estimate of drug-likeness (QED) is 0.718. The molecule has 102 valence electrons. The molecule has 0 radical (unpaired) electrons. The number of rotatable bonds is 7. The summed E-state index contributed by atoms with van der Waals surface area (Å²) in [7, 11) is 0. The largest absolute Gasteiger partial charge is 0.395 e. The SMILES string of the molecule is CC(C)CCN(C1CCCC1)C(CO)C(C)N. The lowest BCUT2D eigenvalue weighted by Crippen LogP contribution is -2.52. The second-order valence-electron chi connectivity index (χ2n) is 5.97. The molecular formula is C14H30N2O. The van der Waals surface area contributed by atoms with E-state index in [1.165, 1.54) is 32.1 Å². The van der Waals surface area contributed by atoms with Crippen molar-refractivity contribution in [3.63, 3.8) is 0 Å². The van der Waals surface area contributed by atoms with Crippen molar-refractivity contribution >= 4 is 0 Å². The molecule has 1 fully saturated rings. The van der Waals surface area contributed by atoms with Crippen LogP contribution in [0.1, 0.15) is 52.9 Å². The van der Waals surface area contributed by atoms with Crippen LogP contribution in [0.4, 0.5) is 0 Å². The van der Waals surface area contributed by atoms with Crippen LogP contribution in [0.5, 0.6) is 0 Å². The monoisotopic (exact) mass is 242 g/mol. The van der Waals surface area contributed by atoms with Crippen LogP contribution in [-0.2, 0) is 0 Å². The maximum absolute atomic E-state index is 9.57. The lowest BCUT2D eigenvalue weighted by Gasteiger charge is -2.38. The van der Waals surface area contributed by atoms with E-state index >= 15 is 0 Å². The van der Waals surface area contributed by atoms with E-state index in [4.69, 9.17) is 5.73 Å². The van der Waals surface area contributed by atoms with E-state index in [1.54, 1.807) is 0 Å². The van der Waals surface area contributed by atoms with Gasteiger partial charge >= 0.3 is 0 Å². The molecule has 0 saturated heterocycles. The first-order chi connectivity index (χ1) is 8.06. The van der Waals surface area contributed by atoms with Gasteiger partial charge in [0.2, 0.25) is 0 Å². The van der Waals surface area contributed by atoms with Crippen LogP contribution in [0.15, 0.2) is 0 Å². The highest BCUT2D eigenvalue weighted by Gasteiger charge is 2.30. The molecule has 0 amide bonds. The Morgan fingerprint density at radius 1 is 1.24 bits per heavy atom. The van der Waals surface area contributed by atoms with Gasteiger partial charge in [-0.05, 0) is 38.6 Å². The molecule has 0 heterocycles. The van der Waals surface area contributed by atoms with Crippen molar-refractivity contribution in [3.8, 4) is 0 Å². The summed E-state index contributed by atoms with van der Waals surface area (Å²) in [6.07, 6.45) is 6.42. The Balaban J connectivity index is 2.62. The van der Waals surface area contributed by atoms with E-state index in [0.717, 1.165) is 6.54 Å². The first kappa shape index (κ1) is 14.9. The van der Waals surface area contributed by atoms with Crippen LogP contribution < -0.4 is 5.73 Å². The Morgan fingerprint density at radius 3 is 2.24 bits per heavy atom. The maximum atomic E-state index is 9.57. The van der Waals surface area contributed by atoms with E-state index < -0.39 is 0 Å². The zero-order chi connectivity index (χ0) is 12.8. The van der Waals surface area contributed by atoms with E-state index in [1.807, 2.05) is 6.92 Å². The van der Waals surface area contributed by atoms with Crippen LogP contribution in [-0.4, -0.2) is 41.3 Å². The third-order valence-corrected chi connectivity index (χ3v) is 3.98. The highest BCUT2D eigenvalue weighted by atomic mass is 16.3. The summed E-state index contributed by atoms with van der Waals surface area (Å²) in [6, 6.07) is 0.835. The lowest BCUT2D eigenvalue weighted by atomic mass is 10.0. The smallest absolute Gasteiger partial charge is 0.0601 e. The van der Waals surface area contributed by atoms with Gasteiger partial charge in [0.25, 0.3) is 0 Å². The summed E-state index contributed by atoms with van der Waals surface area (Å²) in [5.41, 5.74) is 6.02. The molecule has 0 spiro atoms. The third-order valence-electron chi connectivity index (χ3n) is 3.98. The molecule has 2 unspecified atom stereocenters. The van der Waals surface area contributed by atoms with Gasteiger partial charge in [0.1, 0.15) is 0 Å². The second-order valence-corrected chi connectivity index (χ2v) is 5.97. The van der Waals surface area contributed by atoms with Gasteiger partial charge in [-0.25, -0.2) is 0 Å². The molecule has 1 aliphatic rings. The molecule has 17 heavy (non-hydrogen) atoms. The highest BCUT2D eigenvalue weighted by molar-refractivity contribution is 4.86. The first-order valence-corrected chi connectivity index (χ1v) is 7.18. The Hall–Kier alpha value is -0.120. The summed E-state index contributed by atoms with van der Waals surface area (Å²) in [6.45, 7) is 7.79. The summed E-state index contributed by atoms with van der Waals surface area (Å²) in [5.74, 6) is 0.714. The molecule has 3 nitrogen and oxygen atoms in total. The van der Waals surface area contributed by atoms with Crippen molar-refractivity contribution in [2.24, 2.45) is 11.7 Å². The average Bonchev–Trinajstić information content (AvgIpc) is 2.76. The fourth-order valence-electron chi connectivity index (χ4n) is 2.84. The normalized spacial score (nSPS) is 21.4. The molecule has 0 aliphatic heterocycles. The van der Waals surface area contributed by atoms with Crippen LogP contribution >= 0.6 is 0 Å². The van der Waals surface area contributed by atoms with Crippen LogP contribution in [0.25, 0.3) is 0 Å². The maximum Gasteiger partial charge on any atom is 0.0601 e. The van der Waals surface area contributed by atoms with Gasteiger partial charge in [0, 0.05) is 18.1 Å². The second kappa shape index (κ2) is 7.34. The van der Waals surface area contributed by atoms with Gasteiger partial charge in [-0.2, -0.15) is 0 Å². The molecule has 0 bridgehead atoms. The van der Waals surface area contributed by atoms with Crippen molar-refractivity contribution in [1.82, 2.24) is 4.90 Å². The predicted octanol–water partition coefficient (Wildman–Crippen LogP) is 1.99. The number of aliphatic hydroxyl groups excluding tert-OH is 1. The standard InChI is InChI=1S/C14H30N2O/c1-11(2)8-9-16(13-6-4-5-7-13)14(10-17)12(3)15/h11-14,17H,4-10,15H2,1-3H3. The van der Waals surface area contributed by atoms with E-state index in [0.29, 0.717) is 12.0 Å². The summed E-state index contributed by atoms with van der Waals surface area (Å²) >= 11 is 0. The highest BCUT2D eigenvalue weighted by Crippen LogP contribution is 2.26. The Bertz CT molecular complexity index is 200. The molecule has 3 heteroatoms. The van der Waals surface area contributed by atoms with E-state index in [-0.39, 0.29) is 18.7 Å². The minimum Gasteiger partial charge on any atom is -0.395 e. The van der Waals surface area contributed by atoms with E-state index in [2.05, 4.69) is 18.7 Å². The molecule has 0 aromatic heterocycles. The van der Waals surface area contributed by atoms with Gasteiger partial charge in [0.15, 0.2) is 0 Å². The zero-order valence-electron chi connectivity index (χ0n) is 11.7. The summed E-state index contributed by atoms with van der Waals surface area (Å²) < 4.78 is 0. The van der Waals surface area contributed by atoms with Gasteiger partial charge in [0.05, 0.1) is 6.61 Å². The fraction of sp³-hybridized carbons (Fsp3) is 1.00. The molecule has 3 N–H and O–H groups in total. The molecule has 0 aromatic rings. The first-order valence-electron chi connectivity index (χ1n) is 7.18. The zero-order valence-corrected chi connectivity index (χ0v) is 11.7. The van der Waals surface area contributed by atoms with Crippen LogP contribution in [0.2, 0.25) is 0 Å². The van der Waals surface area contributed by atoms with Gasteiger partial charge in [-0.15, -0.1) is 0 Å². The molecule has 0 aromatic carbocycles. The van der Waals surface area contributed by atoms with Crippen LogP contribution in [0, 0.1) is 5.92 Å². The number of aliphatic hydroxyl groups is 1. The minimum atomic E-state index is 0.0489. The van der Waals surface area contributed by atoms with Crippen molar-refractivity contribution in [2.75, 3.05) is 13.2 Å². The van der Waals surface area contributed by atoms with Crippen molar-refractivity contribution in [3.05, 3.63) is 0 Å². The fourth-order valence-corrected chi connectivity index (χ4v) is 2.84. The topological polar surface area (TPSA) is 49.5 Å². The Kier molecular flexibility index (Phi) is 6.45.